The van der Waals surface area contributed by atoms with Crippen LogP contribution in [0.4, 0.5) is 11.4 Å². The van der Waals surface area contributed by atoms with Crippen molar-refractivity contribution in [3.63, 3.8) is 0 Å². The largest absolute Gasteiger partial charge is 0.462 e. The first-order valence-corrected chi connectivity index (χ1v) is 16.9. The van der Waals surface area contributed by atoms with Crippen LogP contribution in [0.25, 0.3) is 0 Å². The Morgan fingerprint density at radius 1 is 0.913 bits per heavy atom. The molecule has 3 aromatic carbocycles. The van der Waals surface area contributed by atoms with Gasteiger partial charge in [0.05, 0.1) is 48.9 Å². The Hall–Kier alpha value is -3.32. The second kappa shape index (κ2) is 13.1. The van der Waals surface area contributed by atoms with Gasteiger partial charge in [0.1, 0.15) is 11.8 Å². The first-order chi connectivity index (χ1) is 22.0. The quantitative estimate of drug-likeness (QED) is 0.159. The highest BCUT2D eigenvalue weighted by Gasteiger charge is 2.57. The highest BCUT2D eigenvalue weighted by Crippen LogP contribution is 2.55. The molecule has 2 unspecified atom stereocenters. The number of hydrogen-bond acceptors (Lipinski definition) is 8. The van der Waals surface area contributed by atoms with Gasteiger partial charge < -0.3 is 10.1 Å². The van der Waals surface area contributed by atoms with Crippen molar-refractivity contribution in [1.82, 2.24) is 4.57 Å². The molecule has 0 saturated carbocycles. The van der Waals surface area contributed by atoms with E-state index in [-0.39, 0.29) is 39.5 Å². The lowest BCUT2D eigenvalue weighted by molar-refractivity contribution is -0.122. The molecule has 4 aromatic rings. The number of nitrogens with zero attached hydrogens (tertiary/aromatic N) is 2. The maximum Gasteiger partial charge on any atom is 0.338 e. The molecule has 236 valence electrons. The second-order valence-electron chi connectivity index (χ2n) is 10.3. The molecule has 1 fully saturated rings. The van der Waals surface area contributed by atoms with Crippen molar-refractivity contribution in [2.24, 2.45) is 5.92 Å². The van der Waals surface area contributed by atoms with Gasteiger partial charge in [-0.1, -0.05) is 81.6 Å². The van der Waals surface area contributed by atoms with Gasteiger partial charge in [0, 0.05) is 16.5 Å². The van der Waals surface area contributed by atoms with Crippen LogP contribution >= 0.6 is 69.5 Å². The van der Waals surface area contributed by atoms with E-state index in [9.17, 15) is 24.0 Å². The van der Waals surface area contributed by atoms with Crippen molar-refractivity contribution < 1.29 is 23.9 Å². The van der Waals surface area contributed by atoms with Crippen molar-refractivity contribution in [1.29, 1.82) is 0 Å². The Balaban J connectivity index is 1.39. The Labute approximate surface area is 290 Å². The minimum Gasteiger partial charge on any atom is -0.462 e. The van der Waals surface area contributed by atoms with Crippen LogP contribution in [-0.2, 0) is 25.7 Å². The summed E-state index contributed by atoms with van der Waals surface area (Å²) in [6, 6.07) is 15.6. The highest BCUT2D eigenvalue weighted by molar-refractivity contribution is 8.00. The molecule has 3 amide bonds. The standard InChI is InChI=1S/C31H21Cl4N3O6S2/c1-2-44-30(42)14-6-9-16(10-7-14)38-27(40)23-22(17-4-3-5-19(33)24(17)35)26-29(45-25(23)28(38)41)37(31(43)46-26)13-21(39)36-15-8-11-18(32)20(34)12-15/h3-12,22-23,25H,2,13H2,1H3,(H,36,39)/t22-,23?,25?/m1/s1. The second-order valence-corrected chi connectivity index (χ2v) is 14.0. The normalized spacial score (nSPS) is 18.7. The number of aromatic nitrogens is 1. The Bertz CT molecular complexity index is 1980. The predicted molar refractivity (Wildman–Crippen MR) is 180 cm³/mol. The van der Waals surface area contributed by atoms with E-state index in [0.29, 0.717) is 26.2 Å². The SMILES string of the molecule is CCOC(=O)c1ccc(N2C(=O)C3Sc4c(sc(=O)n4CC(=O)Nc4ccc(Cl)c(Cl)c4)[C@H](c4cccc(Cl)c4Cl)C3C2=O)cc1. The molecule has 0 aliphatic carbocycles. The van der Waals surface area contributed by atoms with Crippen molar-refractivity contribution in [2.75, 3.05) is 16.8 Å². The molecule has 0 bridgehead atoms. The van der Waals surface area contributed by atoms with Gasteiger partial charge in [0.15, 0.2) is 0 Å². The van der Waals surface area contributed by atoms with E-state index >= 15 is 0 Å². The average molecular weight is 737 g/mol. The molecule has 0 radical (unpaired) electrons. The molecule has 0 spiro atoms. The number of halogens is 4. The zero-order valence-electron chi connectivity index (χ0n) is 23.6. The summed E-state index contributed by atoms with van der Waals surface area (Å²) in [6.07, 6.45) is 0. The maximum absolute atomic E-state index is 14.1. The molecular formula is C31H21Cl4N3O6S2. The molecule has 2 aliphatic heterocycles. The van der Waals surface area contributed by atoms with Crippen molar-refractivity contribution in [3.05, 3.63) is 106 Å². The van der Waals surface area contributed by atoms with Gasteiger partial charge in [-0.3, -0.25) is 23.7 Å². The molecule has 3 atom stereocenters. The van der Waals surface area contributed by atoms with Crippen molar-refractivity contribution in [3.8, 4) is 0 Å². The number of carbonyl (C=O) groups excluding carboxylic acids is 4. The summed E-state index contributed by atoms with van der Waals surface area (Å²) in [4.78, 5) is 67.9. The number of esters is 1. The van der Waals surface area contributed by atoms with Crippen LogP contribution in [0.2, 0.25) is 20.1 Å². The zero-order chi connectivity index (χ0) is 32.9. The maximum atomic E-state index is 14.1. The van der Waals surface area contributed by atoms with E-state index in [4.69, 9.17) is 51.1 Å². The summed E-state index contributed by atoms with van der Waals surface area (Å²) in [6.45, 7) is 1.52. The minimum absolute atomic E-state index is 0.188. The molecular weight excluding hydrogens is 716 g/mol. The summed E-state index contributed by atoms with van der Waals surface area (Å²) in [5.74, 6) is -3.81. The number of rotatable bonds is 7. The number of imide groups is 1. The molecule has 3 heterocycles. The summed E-state index contributed by atoms with van der Waals surface area (Å²) in [7, 11) is 0. The first kappa shape index (κ1) is 32.6. The third-order valence-electron chi connectivity index (χ3n) is 7.51. The molecule has 6 rings (SSSR count). The number of benzene rings is 3. The van der Waals surface area contributed by atoms with Crippen LogP contribution in [0, 0.1) is 5.92 Å². The van der Waals surface area contributed by atoms with Crippen LogP contribution in [0.15, 0.2) is 70.5 Å². The molecule has 2 aliphatic rings. The van der Waals surface area contributed by atoms with Crippen LogP contribution < -0.4 is 15.1 Å². The molecule has 9 nitrogen and oxygen atoms in total. The number of carbonyl (C=O) groups is 4. The minimum atomic E-state index is -0.955. The third-order valence-corrected chi connectivity index (χ3v) is 11.7. The van der Waals surface area contributed by atoms with E-state index < -0.39 is 45.6 Å². The van der Waals surface area contributed by atoms with Gasteiger partial charge in [0.25, 0.3) is 0 Å². The summed E-state index contributed by atoms with van der Waals surface area (Å²) in [5.41, 5.74) is 1.40. The summed E-state index contributed by atoms with van der Waals surface area (Å²) >= 11 is 27.1. The van der Waals surface area contributed by atoms with Crippen LogP contribution in [0.1, 0.15) is 33.6 Å². The zero-order valence-corrected chi connectivity index (χ0v) is 28.2. The number of thiazole rings is 1. The van der Waals surface area contributed by atoms with Gasteiger partial charge in [0.2, 0.25) is 17.7 Å². The fraction of sp³-hybridized carbons (Fsp3) is 0.194. The Kier molecular flexibility index (Phi) is 9.26. The van der Waals surface area contributed by atoms with Crippen LogP contribution in [-0.4, -0.2) is 40.1 Å². The fourth-order valence-electron chi connectivity index (χ4n) is 5.48. The number of nitrogens with one attached hydrogen (secondary N) is 1. The Morgan fingerprint density at radius 3 is 2.35 bits per heavy atom. The van der Waals surface area contributed by atoms with Gasteiger partial charge >= 0.3 is 10.8 Å². The van der Waals surface area contributed by atoms with Gasteiger partial charge in [-0.15, -0.1) is 0 Å². The molecule has 46 heavy (non-hydrogen) atoms. The monoisotopic (exact) mass is 735 g/mol. The smallest absolute Gasteiger partial charge is 0.338 e. The number of amides is 3. The summed E-state index contributed by atoms with van der Waals surface area (Å²) in [5, 5.41) is 3.12. The molecule has 1 N–H and O–H groups in total. The van der Waals surface area contributed by atoms with E-state index in [1.165, 1.54) is 41.0 Å². The number of hydrogen-bond donors (Lipinski definition) is 1. The number of ether oxygens (including phenoxy) is 1. The topological polar surface area (TPSA) is 115 Å². The van der Waals surface area contributed by atoms with Crippen molar-refractivity contribution in [2.45, 2.75) is 29.7 Å². The van der Waals surface area contributed by atoms with Crippen LogP contribution in [0.3, 0.4) is 0 Å². The van der Waals surface area contributed by atoms with E-state index in [0.717, 1.165) is 28.0 Å². The van der Waals surface area contributed by atoms with Crippen molar-refractivity contribution >= 4 is 105 Å². The molecule has 1 saturated heterocycles. The fourth-order valence-corrected chi connectivity index (χ4v) is 8.97. The highest BCUT2D eigenvalue weighted by atomic mass is 35.5. The summed E-state index contributed by atoms with van der Waals surface area (Å²) < 4.78 is 6.32. The molecule has 15 heteroatoms. The van der Waals surface area contributed by atoms with Gasteiger partial charge in [-0.25, -0.2) is 9.69 Å². The van der Waals surface area contributed by atoms with E-state index in [1.54, 1.807) is 31.2 Å². The molecule has 1 aromatic heterocycles. The number of anilines is 2. The number of fused-ring (bicyclic) bond motifs is 2. The first-order valence-electron chi connectivity index (χ1n) is 13.7. The van der Waals surface area contributed by atoms with E-state index in [2.05, 4.69) is 5.32 Å². The van der Waals surface area contributed by atoms with Crippen LogP contribution in [0.5, 0.6) is 0 Å². The van der Waals surface area contributed by atoms with Gasteiger partial charge in [-0.05, 0) is 61.0 Å². The predicted octanol–water partition coefficient (Wildman–Crippen LogP) is 7.13. The third kappa shape index (κ3) is 5.85. The number of thioether (sulfide) groups is 1. The lowest BCUT2D eigenvalue weighted by Crippen LogP contribution is -2.33. The average Bonchev–Trinajstić information content (AvgIpc) is 3.47. The Morgan fingerprint density at radius 2 is 1.65 bits per heavy atom. The lowest BCUT2D eigenvalue weighted by atomic mass is 9.83. The van der Waals surface area contributed by atoms with Gasteiger partial charge in [-0.2, -0.15) is 0 Å². The van der Waals surface area contributed by atoms with E-state index in [1.807, 2.05) is 0 Å². The lowest BCUT2D eigenvalue weighted by Gasteiger charge is -2.31.